The summed E-state index contributed by atoms with van der Waals surface area (Å²) < 4.78 is 38.1. The molecule has 3 aliphatic rings. The van der Waals surface area contributed by atoms with Gasteiger partial charge in [0.2, 0.25) is 0 Å². The number of aromatic nitrogens is 2. The first-order valence-electron chi connectivity index (χ1n) is 14.1. The number of ether oxygens (including phenoxy) is 1. The maximum atomic E-state index is 13.0. The summed E-state index contributed by atoms with van der Waals surface area (Å²) in [4.78, 5) is 7.55. The number of hydrogen-bond acceptors (Lipinski definition) is 5. The molecule has 1 unspecified atom stereocenters. The normalized spacial score (nSPS) is 25.7. The number of rotatable bonds is 9. The number of piperidine rings is 1. The molecule has 4 atom stereocenters. The van der Waals surface area contributed by atoms with E-state index >= 15 is 0 Å². The van der Waals surface area contributed by atoms with Crippen molar-refractivity contribution < 1.29 is 13.2 Å². The van der Waals surface area contributed by atoms with E-state index in [1.54, 1.807) is 0 Å². The van der Waals surface area contributed by atoms with E-state index in [0.29, 0.717) is 51.0 Å². The van der Waals surface area contributed by atoms with Crippen LogP contribution in [0.4, 0.5) is 0 Å². The van der Waals surface area contributed by atoms with Crippen LogP contribution in [0.3, 0.4) is 0 Å². The van der Waals surface area contributed by atoms with Gasteiger partial charge in [-0.05, 0) is 69.2 Å². The summed E-state index contributed by atoms with van der Waals surface area (Å²) in [6.07, 6.45) is 5.72. The Hall–Kier alpha value is -2.30. The molecule has 9 heteroatoms. The molecule has 8 nitrogen and oxygen atoms in total. The lowest BCUT2D eigenvalue weighted by molar-refractivity contribution is 0.0724. The zero-order valence-corrected chi connectivity index (χ0v) is 23.0. The molecule has 4 heterocycles. The Kier molecular flexibility index (Phi) is 7.55. The lowest BCUT2D eigenvalue weighted by Crippen LogP contribution is -2.48. The molecule has 3 fully saturated rings. The summed E-state index contributed by atoms with van der Waals surface area (Å²) in [6.45, 7) is 5.27. The van der Waals surface area contributed by atoms with Crippen molar-refractivity contribution in [3.05, 3.63) is 66.0 Å². The number of hydrogen-bond donors (Lipinski definition) is 1. The number of imidazole rings is 1. The molecule has 0 amide bonds. The molecule has 2 aromatic carbocycles. The molecule has 1 N–H and O–H groups in total. The number of nitrogens with one attached hydrogen (secondary N) is 1. The number of benzene rings is 2. The van der Waals surface area contributed by atoms with Gasteiger partial charge in [0, 0.05) is 37.8 Å². The van der Waals surface area contributed by atoms with E-state index in [0.717, 1.165) is 37.1 Å². The van der Waals surface area contributed by atoms with Gasteiger partial charge in [0.1, 0.15) is 5.82 Å². The molecule has 38 heavy (non-hydrogen) atoms. The molecule has 1 aromatic heterocycles. The van der Waals surface area contributed by atoms with Crippen LogP contribution in [0, 0.1) is 6.92 Å². The average molecular weight is 538 g/mol. The molecule has 204 valence electrons. The Labute approximate surface area is 226 Å². The highest BCUT2D eigenvalue weighted by atomic mass is 32.2. The summed E-state index contributed by atoms with van der Waals surface area (Å²) in [7, 11) is -3.51. The fraction of sp³-hybridized carbons (Fsp3) is 0.552. The molecular weight excluding hydrogens is 498 g/mol. The van der Waals surface area contributed by atoms with E-state index in [2.05, 4.69) is 57.5 Å². The quantitative estimate of drug-likeness (QED) is 0.449. The summed E-state index contributed by atoms with van der Waals surface area (Å²) in [5.74, 6) is 1.24. The molecule has 0 saturated carbocycles. The van der Waals surface area contributed by atoms with Crippen molar-refractivity contribution in [2.75, 3.05) is 39.4 Å². The second-order valence-electron chi connectivity index (χ2n) is 11.0. The maximum Gasteiger partial charge on any atom is 0.279 e. The van der Waals surface area contributed by atoms with Gasteiger partial charge < -0.3 is 9.30 Å². The van der Waals surface area contributed by atoms with Crippen LogP contribution in [0.2, 0.25) is 0 Å². The lowest BCUT2D eigenvalue weighted by Gasteiger charge is -2.40. The molecule has 2 bridgehead atoms. The van der Waals surface area contributed by atoms with Crippen molar-refractivity contribution in [1.29, 1.82) is 0 Å². The van der Waals surface area contributed by atoms with Gasteiger partial charge in [-0.2, -0.15) is 12.7 Å². The first-order chi connectivity index (χ1) is 18.5. The first-order valence-corrected chi connectivity index (χ1v) is 15.5. The Balaban J connectivity index is 1.13. The first kappa shape index (κ1) is 26.0. The molecule has 0 spiro atoms. The van der Waals surface area contributed by atoms with Crippen molar-refractivity contribution in [2.24, 2.45) is 0 Å². The van der Waals surface area contributed by atoms with Crippen molar-refractivity contribution in [3.63, 3.8) is 0 Å². The van der Waals surface area contributed by atoms with Crippen LogP contribution in [-0.4, -0.2) is 78.7 Å². The number of fused-ring (bicyclic) bond motifs is 3. The van der Waals surface area contributed by atoms with Gasteiger partial charge in [0.25, 0.3) is 10.2 Å². The van der Waals surface area contributed by atoms with Gasteiger partial charge in [-0.3, -0.25) is 4.90 Å². The molecular formula is C29H39N5O3S. The summed E-state index contributed by atoms with van der Waals surface area (Å²) >= 11 is 0. The molecule has 3 aromatic rings. The van der Waals surface area contributed by atoms with Crippen molar-refractivity contribution >= 4 is 21.2 Å². The highest BCUT2D eigenvalue weighted by molar-refractivity contribution is 7.87. The minimum atomic E-state index is -3.51. The number of para-hydroxylation sites is 2. The monoisotopic (exact) mass is 537 g/mol. The Morgan fingerprint density at radius 2 is 1.66 bits per heavy atom. The topological polar surface area (TPSA) is 79.7 Å². The van der Waals surface area contributed by atoms with Crippen LogP contribution in [0.1, 0.15) is 55.5 Å². The molecule has 3 saturated heterocycles. The smallest absolute Gasteiger partial charge is 0.279 e. The van der Waals surface area contributed by atoms with Crippen LogP contribution in [0.5, 0.6) is 0 Å². The van der Waals surface area contributed by atoms with Crippen LogP contribution in [0.15, 0.2) is 54.6 Å². The number of morpholine rings is 1. The minimum Gasteiger partial charge on any atom is -0.379 e. The minimum absolute atomic E-state index is 0.129. The Bertz CT molecular complexity index is 1320. The van der Waals surface area contributed by atoms with Crippen molar-refractivity contribution in [3.8, 4) is 0 Å². The Morgan fingerprint density at radius 1 is 0.974 bits per heavy atom. The zero-order valence-electron chi connectivity index (χ0n) is 22.2. The van der Waals surface area contributed by atoms with Gasteiger partial charge in [-0.25, -0.2) is 9.71 Å². The lowest BCUT2D eigenvalue weighted by atomic mass is 9.93. The maximum absolute atomic E-state index is 13.0. The molecule has 0 radical (unpaired) electrons. The molecule has 6 rings (SSSR count). The number of aryl methyl sites for hydroxylation is 1. The fourth-order valence-electron chi connectivity index (χ4n) is 6.95. The van der Waals surface area contributed by atoms with Crippen molar-refractivity contribution in [1.82, 2.24) is 23.5 Å². The third-order valence-corrected chi connectivity index (χ3v) is 10.4. The SMILES string of the molecule is Cc1nc2ccccc2n1[C@H]1C[C@H]2CC[C@@H](C1)N2CCC(CNS(=O)(=O)N1CCOCC1)c1ccccc1. The number of nitrogens with zero attached hydrogens (tertiary/aromatic N) is 4. The molecule has 3 aliphatic heterocycles. The van der Waals surface area contributed by atoms with E-state index in [-0.39, 0.29) is 5.92 Å². The van der Waals surface area contributed by atoms with Gasteiger partial charge in [-0.1, -0.05) is 42.5 Å². The fourth-order valence-corrected chi connectivity index (χ4v) is 8.17. The van der Waals surface area contributed by atoms with Crippen molar-refractivity contribution in [2.45, 2.75) is 63.1 Å². The second-order valence-corrected chi connectivity index (χ2v) is 12.8. The van der Waals surface area contributed by atoms with Crippen LogP contribution in [-0.2, 0) is 14.9 Å². The van der Waals surface area contributed by atoms with Gasteiger partial charge in [0.05, 0.1) is 24.2 Å². The highest BCUT2D eigenvalue weighted by Crippen LogP contribution is 2.42. The van der Waals surface area contributed by atoms with Gasteiger partial charge >= 0.3 is 0 Å². The predicted octanol–water partition coefficient (Wildman–Crippen LogP) is 3.85. The largest absolute Gasteiger partial charge is 0.379 e. The zero-order chi connectivity index (χ0) is 26.1. The van der Waals surface area contributed by atoms with Gasteiger partial charge in [0.15, 0.2) is 0 Å². The predicted molar refractivity (Wildman–Crippen MR) is 149 cm³/mol. The van der Waals surface area contributed by atoms with E-state index < -0.39 is 10.2 Å². The standard InChI is InChI=1S/C29H39N5O3S/c1-22-31-28-9-5-6-10-29(28)34(22)27-19-25-11-12-26(20-27)33(25)14-13-24(23-7-3-2-4-8-23)21-30-38(35,36)32-15-17-37-18-16-32/h2-10,24-27,30H,11-21H2,1H3/t24?,25-,26+,27+. The van der Waals surface area contributed by atoms with Crippen LogP contribution in [0.25, 0.3) is 11.0 Å². The summed E-state index contributed by atoms with van der Waals surface area (Å²) in [5, 5.41) is 0. The highest BCUT2D eigenvalue weighted by Gasteiger charge is 2.41. The molecule has 0 aliphatic carbocycles. The Morgan fingerprint density at radius 3 is 2.39 bits per heavy atom. The summed E-state index contributed by atoms with van der Waals surface area (Å²) in [5.41, 5.74) is 3.53. The van der Waals surface area contributed by atoms with E-state index in [4.69, 9.17) is 9.72 Å². The van der Waals surface area contributed by atoms with E-state index in [1.165, 1.54) is 28.2 Å². The van der Waals surface area contributed by atoms with Crippen LogP contribution >= 0.6 is 0 Å². The average Bonchev–Trinajstić information content (AvgIpc) is 3.40. The third kappa shape index (κ3) is 5.27. The van der Waals surface area contributed by atoms with E-state index in [9.17, 15) is 8.42 Å². The third-order valence-electron chi connectivity index (χ3n) is 8.83. The van der Waals surface area contributed by atoms with Crippen LogP contribution < -0.4 is 4.72 Å². The van der Waals surface area contributed by atoms with Gasteiger partial charge in [-0.15, -0.1) is 0 Å². The summed E-state index contributed by atoms with van der Waals surface area (Å²) in [6, 6.07) is 20.5. The second kappa shape index (κ2) is 11.1. The van der Waals surface area contributed by atoms with E-state index in [1.807, 2.05) is 18.2 Å².